The number of carbonyl (C=O) groups excluding carboxylic acids is 1. The van der Waals surface area contributed by atoms with Gasteiger partial charge in [-0.1, -0.05) is 18.2 Å². The van der Waals surface area contributed by atoms with E-state index >= 15 is 0 Å². The minimum absolute atomic E-state index is 0.0370. The van der Waals surface area contributed by atoms with E-state index in [1.807, 2.05) is 28.8 Å². The van der Waals surface area contributed by atoms with Gasteiger partial charge in [-0.25, -0.2) is 18.1 Å². The summed E-state index contributed by atoms with van der Waals surface area (Å²) in [6.07, 6.45) is 6.32. The van der Waals surface area contributed by atoms with Gasteiger partial charge in [0.1, 0.15) is 5.75 Å². The first-order valence-corrected chi connectivity index (χ1v) is 11.0. The number of hydrogen-bond acceptors (Lipinski definition) is 5. The molecule has 1 aliphatic heterocycles. The molecule has 0 spiro atoms. The average Bonchev–Trinajstić information content (AvgIpc) is 3.44. The number of hydrogen-bond donors (Lipinski definition) is 1. The summed E-state index contributed by atoms with van der Waals surface area (Å²) in [5.74, 6) is 0.430. The molecule has 0 atom stereocenters. The number of rotatable bonds is 7. The highest BCUT2D eigenvalue weighted by Crippen LogP contribution is 2.33. The van der Waals surface area contributed by atoms with Crippen molar-refractivity contribution in [2.75, 3.05) is 18.6 Å². The lowest BCUT2D eigenvalue weighted by atomic mass is 10.2. The lowest BCUT2D eigenvalue weighted by molar-refractivity contribution is -0.117. The zero-order chi connectivity index (χ0) is 21.1. The molecule has 0 aliphatic carbocycles. The Balaban J connectivity index is 1.60. The molecule has 3 aromatic rings. The number of amides is 1. The van der Waals surface area contributed by atoms with Crippen LogP contribution in [0.15, 0.2) is 66.1 Å². The van der Waals surface area contributed by atoms with Gasteiger partial charge < -0.3 is 14.2 Å². The summed E-state index contributed by atoms with van der Waals surface area (Å²) in [5.41, 5.74) is 2.13. The average molecular weight is 426 g/mol. The van der Waals surface area contributed by atoms with Gasteiger partial charge in [-0.15, -0.1) is 0 Å². The Kier molecular flexibility index (Phi) is 5.56. The van der Waals surface area contributed by atoms with E-state index in [0.717, 1.165) is 17.7 Å². The zero-order valence-electron chi connectivity index (χ0n) is 16.5. The van der Waals surface area contributed by atoms with E-state index in [-0.39, 0.29) is 17.3 Å². The van der Waals surface area contributed by atoms with Crippen molar-refractivity contribution in [3.8, 4) is 11.4 Å². The van der Waals surface area contributed by atoms with Crippen LogP contribution in [0, 0.1) is 0 Å². The molecule has 0 bridgehead atoms. The summed E-state index contributed by atoms with van der Waals surface area (Å²) in [5, 5.41) is 0. The number of sulfonamides is 1. The maximum Gasteiger partial charge on any atom is 0.240 e. The molecule has 30 heavy (non-hydrogen) atoms. The van der Waals surface area contributed by atoms with Crippen molar-refractivity contribution in [2.45, 2.75) is 24.3 Å². The second kappa shape index (κ2) is 8.29. The quantitative estimate of drug-likeness (QED) is 0.627. The van der Waals surface area contributed by atoms with Crippen LogP contribution >= 0.6 is 0 Å². The van der Waals surface area contributed by atoms with Crippen LogP contribution in [-0.2, 0) is 21.4 Å². The molecule has 1 aliphatic rings. The van der Waals surface area contributed by atoms with Crippen molar-refractivity contribution in [3.05, 3.63) is 66.7 Å². The summed E-state index contributed by atoms with van der Waals surface area (Å²) in [6.45, 7) is 0.658. The molecule has 0 unspecified atom stereocenters. The van der Waals surface area contributed by atoms with Gasteiger partial charge in [0.05, 0.1) is 29.7 Å². The number of nitrogens with zero attached hydrogens (tertiary/aromatic N) is 3. The van der Waals surface area contributed by atoms with Gasteiger partial charge in [-0.3, -0.25) is 4.79 Å². The Bertz CT molecular complexity index is 1160. The topological polar surface area (TPSA) is 93.5 Å². The molecule has 1 saturated heterocycles. The van der Waals surface area contributed by atoms with E-state index in [1.165, 1.54) is 19.2 Å². The van der Waals surface area contributed by atoms with Crippen LogP contribution in [0.1, 0.15) is 18.4 Å². The number of anilines is 1. The fourth-order valence-corrected chi connectivity index (χ4v) is 4.55. The van der Waals surface area contributed by atoms with Gasteiger partial charge in [0.2, 0.25) is 15.9 Å². The lowest BCUT2D eigenvalue weighted by Crippen LogP contribution is -2.26. The predicted molar refractivity (Wildman–Crippen MR) is 112 cm³/mol. The number of methoxy groups -OCH3 is 1. The highest BCUT2D eigenvalue weighted by Gasteiger charge is 2.26. The Morgan fingerprint density at radius 2 is 2.00 bits per heavy atom. The monoisotopic (exact) mass is 426 g/mol. The maximum atomic E-state index is 13.0. The molecule has 0 saturated carbocycles. The van der Waals surface area contributed by atoms with Gasteiger partial charge in [-0.05, 0) is 36.2 Å². The van der Waals surface area contributed by atoms with E-state index in [4.69, 9.17) is 4.74 Å². The summed E-state index contributed by atoms with van der Waals surface area (Å²) < 4.78 is 35.8. The molecule has 1 amide bonds. The summed E-state index contributed by atoms with van der Waals surface area (Å²) in [7, 11) is -2.31. The largest absolute Gasteiger partial charge is 0.495 e. The minimum atomic E-state index is -3.81. The number of nitrogens with one attached hydrogen (secondary N) is 1. The molecule has 2 aromatic carbocycles. The van der Waals surface area contributed by atoms with Crippen LogP contribution in [-0.4, -0.2) is 37.5 Å². The lowest BCUT2D eigenvalue weighted by Gasteiger charge is -2.20. The molecule has 2 heterocycles. The third kappa shape index (κ3) is 3.94. The van der Waals surface area contributed by atoms with E-state index < -0.39 is 10.0 Å². The van der Waals surface area contributed by atoms with Crippen LogP contribution in [0.5, 0.6) is 5.75 Å². The van der Waals surface area contributed by atoms with Crippen molar-refractivity contribution >= 4 is 21.6 Å². The molecule has 1 N–H and O–H groups in total. The Hall–Kier alpha value is -3.17. The Labute approximate surface area is 175 Å². The number of benzene rings is 2. The standard InChI is InChI=1S/C21H22N4O4S/c1-29-20-9-8-17(13-19(20)25-11-4-7-21(25)26)30(27,28)23-14-16-5-2-3-6-18(16)24-12-10-22-15-24/h2-3,5-6,8-10,12-13,15,23H,4,7,11,14H2,1H3. The molecule has 9 heteroatoms. The predicted octanol–water partition coefficient (Wildman–Crippen LogP) is 2.49. The first-order valence-electron chi connectivity index (χ1n) is 9.54. The second-order valence-electron chi connectivity index (χ2n) is 6.91. The third-order valence-corrected chi connectivity index (χ3v) is 6.45. The van der Waals surface area contributed by atoms with Gasteiger partial charge >= 0.3 is 0 Å². The first kappa shape index (κ1) is 20.1. The smallest absolute Gasteiger partial charge is 0.240 e. The molecular weight excluding hydrogens is 404 g/mol. The molecular formula is C21H22N4O4S. The van der Waals surface area contributed by atoms with Crippen LogP contribution < -0.4 is 14.4 Å². The highest BCUT2D eigenvalue weighted by molar-refractivity contribution is 7.89. The number of ether oxygens (including phenoxy) is 1. The number of para-hydroxylation sites is 1. The Morgan fingerprint density at radius 1 is 1.17 bits per heavy atom. The van der Waals surface area contributed by atoms with Gasteiger partial charge in [0.25, 0.3) is 0 Å². The normalized spacial score (nSPS) is 14.3. The SMILES string of the molecule is COc1ccc(S(=O)(=O)NCc2ccccc2-n2ccnc2)cc1N1CCCC1=O. The van der Waals surface area contributed by atoms with Gasteiger partial charge in [-0.2, -0.15) is 0 Å². The fraction of sp³-hybridized carbons (Fsp3) is 0.238. The van der Waals surface area contributed by atoms with Crippen molar-refractivity contribution in [2.24, 2.45) is 0 Å². The van der Waals surface area contributed by atoms with Crippen LogP contribution in [0.25, 0.3) is 5.69 Å². The molecule has 1 fully saturated rings. The summed E-state index contributed by atoms with van der Waals surface area (Å²) in [6, 6.07) is 12.1. The Morgan fingerprint density at radius 3 is 2.70 bits per heavy atom. The molecule has 1 aromatic heterocycles. The fourth-order valence-electron chi connectivity index (χ4n) is 3.52. The van der Waals surface area contributed by atoms with E-state index in [2.05, 4.69) is 9.71 Å². The van der Waals surface area contributed by atoms with Crippen LogP contribution in [0.2, 0.25) is 0 Å². The minimum Gasteiger partial charge on any atom is -0.495 e. The van der Waals surface area contributed by atoms with Crippen molar-refractivity contribution in [3.63, 3.8) is 0 Å². The molecule has 156 valence electrons. The third-order valence-electron chi connectivity index (χ3n) is 5.05. The first-order chi connectivity index (χ1) is 14.5. The molecule has 4 rings (SSSR count). The number of aromatic nitrogens is 2. The number of carbonyl (C=O) groups is 1. The zero-order valence-corrected chi connectivity index (χ0v) is 17.3. The maximum absolute atomic E-state index is 13.0. The van der Waals surface area contributed by atoms with E-state index in [1.54, 1.807) is 29.7 Å². The second-order valence-corrected chi connectivity index (χ2v) is 8.67. The van der Waals surface area contributed by atoms with Crippen LogP contribution in [0.4, 0.5) is 5.69 Å². The highest BCUT2D eigenvalue weighted by atomic mass is 32.2. The van der Waals surface area contributed by atoms with E-state index in [0.29, 0.717) is 24.4 Å². The van der Waals surface area contributed by atoms with Gasteiger partial charge in [0, 0.05) is 31.9 Å². The van der Waals surface area contributed by atoms with Crippen LogP contribution in [0.3, 0.4) is 0 Å². The molecule has 8 nitrogen and oxygen atoms in total. The van der Waals surface area contributed by atoms with Crippen molar-refractivity contribution in [1.29, 1.82) is 0 Å². The van der Waals surface area contributed by atoms with E-state index in [9.17, 15) is 13.2 Å². The molecule has 0 radical (unpaired) electrons. The number of imidazole rings is 1. The van der Waals surface area contributed by atoms with Crippen molar-refractivity contribution < 1.29 is 17.9 Å². The van der Waals surface area contributed by atoms with Gasteiger partial charge in [0.15, 0.2) is 0 Å². The summed E-state index contributed by atoms with van der Waals surface area (Å²) in [4.78, 5) is 17.9. The van der Waals surface area contributed by atoms with Crippen molar-refractivity contribution in [1.82, 2.24) is 14.3 Å². The summed E-state index contributed by atoms with van der Waals surface area (Å²) >= 11 is 0.